The molecule has 2 N–H and O–H groups in total. The average molecular weight is 312 g/mol. The summed E-state index contributed by atoms with van der Waals surface area (Å²) in [7, 11) is 0. The first kappa shape index (κ1) is 14.4. The number of hydrogen-bond acceptors (Lipinski definition) is 4. The molecule has 1 amide bonds. The van der Waals surface area contributed by atoms with Gasteiger partial charge in [-0.25, -0.2) is 0 Å². The molecule has 1 aromatic heterocycles. The van der Waals surface area contributed by atoms with Crippen LogP contribution in [0.2, 0.25) is 0 Å². The zero-order valence-corrected chi connectivity index (χ0v) is 12.9. The van der Waals surface area contributed by atoms with Crippen molar-refractivity contribution in [2.24, 2.45) is 0 Å². The Morgan fingerprint density at radius 1 is 1.30 bits per heavy atom. The van der Waals surface area contributed by atoms with E-state index >= 15 is 0 Å². The van der Waals surface area contributed by atoms with Crippen LogP contribution < -0.4 is 5.32 Å². The minimum Gasteiger partial charge on any atom is -0.376 e. The highest BCUT2D eigenvalue weighted by atomic mass is 16.5. The monoisotopic (exact) mass is 312 g/mol. The van der Waals surface area contributed by atoms with Gasteiger partial charge >= 0.3 is 0 Å². The Morgan fingerprint density at radius 2 is 2.17 bits per heavy atom. The van der Waals surface area contributed by atoms with Gasteiger partial charge in [0.25, 0.3) is 0 Å². The molecule has 120 valence electrons. The fraction of sp³-hybridized carbons (Fsp3) is 0.412. The molecule has 0 aliphatic carbocycles. The highest BCUT2D eigenvalue weighted by Gasteiger charge is 2.29. The molecule has 0 saturated carbocycles. The predicted molar refractivity (Wildman–Crippen MR) is 84.6 cm³/mol. The maximum absolute atomic E-state index is 11.9. The summed E-state index contributed by atoms with van der Waals surface area (Å²) in [4.78, 5) is 14.1. The molecule has 23 heavy (non-hydrogen) atoms. The second kappa shape index (κ2) is 6.14. The summed E-state index contributed by atoms with van der Waals surface area (Å²) >= 11 is 0. The topological polar surface area (TPSA) is 70.2 Å². The fourth-order valence-electron chi connectivity index (χ4n) is 3.35. The molecular formula is C17H20N4O2. The maximum atomic E-state index is 11.9. The normalized spacial score (nSPS) is 21.7. The van der Waals surface area contributed by atoms with Gasteiger partial charge in [-0.15, -0.1) is 0 Å². The Kier molecular flexibility index (Phi) is 3.85. The lowest BCUT2D eigenvalue weighted by molar-refractivity contribution is -0.125. The van der Waals surface area contributed by atoms with Gasteiger partial charge in [-0.1, -0.05) is 30.3 Å². The van der Waals surface area contributed by atoms with Gasteiger partial charge in [-0.05, 0) is 5.56 Å². The molecule has 1 fully saturated rings. The van der Waals surface area contributed by atoms with Crippen LogP contribution >= 0.6 is 0 Å². The van der Waals surface area contributed by atoms with Crippen LogP contribution in [0.4, 0.5) is 0 Å². The lowest BCUT2D eigenvalue weighted by Crippen LogP contribution is -2.49. The van der Waals surface area contributed by atoms with Crippen molar-refractivity contribution in [1.29, 1.82) is 0 Å². The lowest BCUT2D eigenvalue weighted by Gasteiger charge is -2.35. The molecule has 2 aromatic rings. The minimum atomic E-state index is 0.0674. The van der Waals surface area contributed by atoms with E-state index in [4.69, 9.17) is 4.74 Å². The standard InChI is InChI=1S/C17H20N4O2/c22-17-10-21(16(8-18-17)12-4-2-1-3-5-12)9-15-13-11-23-7-6-14(13)19-20-15/h1-5,16H,6-11H2,(H,18,22)(H,19,20). The molecule has 2 aliphatic heterocycles. The largest absolute Gasteiger partial charge is 0.376 e. The van der Waals surface area contributed by atoms with Crippen molar-refractivity contribution in [2.75, 3.05) is 19.7 Å². The van der Waals surface area contributed by atoms with Crippen LogP contribution in [0, 0.1) is 0 Å². The quantitative estimate of drug-likeness (QED) is 0.892. The Balaban J connectivity index is 1.59. The predicted octanol–water partition coefficient (Wildman–Crippen LogP) is 1.16. The molecule has 2 aliphatic rings. The first-order chi connectivity index (χ1) is 11.3. The molecule has 3 heterocycles. The summed E-state index contributed by atoms with van der Waals surface area (Å²) < 4.78 is 5.56. The van der Waals surface area contributed by atoms with Crippen LogP contribution in [0.3, 0.4) is 0 Å². The van der Waals surface area contributed by atoms with E-state index in [1.165, 1.54) is 11.3 Å². The molecule has 4 rings (SSSR count). The number of ether oxygens (including phenoxy) is 1. The summed E-state index contributed by atoms with van der Waals surface area (Å²) in [6.45, 7) is 3.03. The number of aromatic nitrogens is 2. The van der Waals surface area contributed by atoms with Crippen molar-refractivity contribution in [3.8, 4) is 0 Å². The molecule has 1 unspecified atom stereocenters. The van der Waals surface area contributed by atoms with Gasteiger partial charge in [-0.3, -0.25) is 14.8 Å². The molecule has 1 atom stereocenters. The zero-order valence-electron chi connectivity index (χ0n) is 12.9. The van der Waals surface area contributed by atoms with Crippen LogP contribution in [-0.4, -0.2) is 40.7 Å². The van der Waals surface area contributed by atoms with Crippen molar-refractivity contribution >= 4 is 5.91 Å². The molecular weight excluding hydrogens is 292 g/mol. The van der Waals surface area contributed by atoms with Crippen LogP contribution in [-0.2, 0) is 29.1 Å². The van der Waals surface area contributed by atoms with Crippen molar-refractivity contribution in [3.05, 3.63) is 52.8 Å². The third-order valence-electron chi connectivity index (χ3n) is 4.60. The Hall–Kier alpha value is -2.18. The summed E-state index contributed by atoms with van der Waals surface area (Å²) in [5.74, 6) is 0.0674. The Morgan fingerprint density at radius 3 is 3.04 bits per heavy atom. The van der Waals surface area contributed by atoms with Gasteiger partial charge in [-0.2, -0.15) is 5.10 Å². The number of amides is 1. The SMILES string of the molecule is O=C1CN(Cc2n[nH]c3c2COCC3)C(c2ccccc2)CN1. The fourth-order valence-corrected chi connectivity index (χ4v) is 3.35. The molecule has 0 radical (unpaired) electrons. The summed E-state index contributed by atoms with van der Waals surface area (Å²) in [5, 5.41) is 10.6. The first-order valence-corrected chi connectivity index (χ1v) is 7.99. The van der Waals surface area contributed by atoms with E-state index < -0.39 is 0 Å². The highest BCUT2D eigenvalue weighted by Crippen LogP contribution is 2.26. The van der Waals surface area contributed by atoms with Gasteiger partial charge in [0.2, 0.25) is 5.91 Å². The second-order valence-corrected chi connectivity index (χ2v) is 6.07. The number of nitrogens with zero attached hydrogens (tertiary/aromatic N) is 2. The van der Waals surface area contributed by atoms with E-state index in [0.29, 0.717) is 26.2 Å². The third kappa shape index (κ3) is 2.87. The van der Waals surface area contributed by atoms with Crippen LogP contribution in [0.1, 0.15) is 28.6 Å². The second-order valence-electron chi connectivity index (χ2n) is 6.07. The van der Waals surface area contributed by atoms with E-state index in [2.05, 4.69) is 32.5 Å². The van der Waals surface area contributed by atoms with Gasteiger partial charge in [0.1, 0.15) is 0 Å². The highest BCUT2D eigenvalue weighted by molar-refractivity contribution is 5.79. The number of benzene rings is 1. The van der Waals surface area contributed by atoms with Gasteiger partial charge in [0.05, 0.1) is 31.5 Å². The number of H-pyrrole nitrogens is 1. The zero-order chi connectivity index (χ0) is 15.6. The van der Waals surface area contributed by atoms with Crippen LogP contribution in [0.25, 0.3) is 0 Å². The smallest absolute Gasteiger partial charge is 0.234 e. The van der Waals surface area contributed by atoms with E-state index in [1.807, 2.05) is 18.2 Å². The molecule has 6 nitrogen and oxygen atoms in total. The number of aromatic amines is 1. The summed E-state index contributed by atoms with van der Waals surface area (Å²) in [5.41, 5.74) is 4.54. The number of carbonyl (C=O) groups excluding carboxylic acids is 1. The molecule has 0 bridgehead atoms. The van der Waals surface area contributed by atoms with Gasteiger partial charge in [0, 0.05) is 30.8 Å². The number of piperazine rings is 1. The van der Waals surface area contributed by atoms with Crippen molar-refractivity contribution in [2.45, 2.75) is 25.6 Å². The lowest BCUT2D eigenvalue weighted by atomic mass is 10.0. The summed E-state index contributed by atoms with van der Waals surface area (Å²) in [6.07, 6.45) is 0.880. The van der Waals surface area contributed by atoms with E-state index in [-0.39, 0.29) is 11.9 Å². The summed E-state index contributed by atoms with van der Waals surface area (Å²) in [6, 6.07) is 10.5. The van der Waals surface area contributed by atoms with E-state index in [0.717, 1.165) is 24.3 Å². The average Bonchev–Trinajstić information content (AvgIpc) is 2.99. The Labute approximate surface area is 134 Å². The van der Waals surface area contributed by atoms with Crippen molar-refractivity contribution < 1.29 is 9.53 Å². The molecule has 6 heteroatoms. The van der Waals surface area contributed by atoms with Gasteiger partial charge in [0.15, 0.2) is 0 Å². The Bertz CT molecular complexity index is 698. The van der Waals surface area contributed by atoms with Crippen LogP contribution in [0.15, 0.2) is 30.3 Å². The molecule has 1 aromatic carbocycles. The van der Waals surface area contributed by atoms with E-state index in [9.17, 15) is 4.79 Å². The van der Waals surface area contributed by atoms with Crippen molar-refractivity contribution in [3.63, 3.8) is 0 Å². The minimum absolute atomic E-state index is 0.0674. The number of fused-ring (bicyclic) bond motifs is 1. The number of nitrogens with one attached hydrogen (secondary N) is 2. The third-order valence-corrected chi connectivity index (χ3v) is 4.60. The van der Waals surface area contributed by atoms with Crippen LogP contribution in [0.5, 0.6) is 0 Å². The maximum Gasteiger partial charge on any atom is 0.234 e. The number of rotatable bonds is 3. The molecule has 1 saturated heterocycles. The first-order valence-electron chi connectivity index (χ1n) is 7.99. The number of hydrogen-bond donors (Lipinski definition) is 2. The van der Waals surface area contributed by atoms with Gasteiger partial charge < -0.3 is 10.1 Å². The number of carbonyl (C=O) groups is 1. The van der Waals surface area contributed by atoms with Crippen molar-refractivity contribution in [1.82, 2.24) is 20.4 Å². The molecule has 0 spiro atoms. The van der Waals surface area contributed by atoms with E-state index in [1.54, 1.807) is 0 Å².